The normalized spacial score (nSPS) is 10.9. The van der Waals surface area contributed by atoms with E-state index in [-0.39, 0.29) is 5.91 Å². The van der Waals surface area contributed by atoms with E-state index < -0.39 is 0 Å². The number of benzene rings is 2. The monoisotopic (exact) mass is 405 g/mol. The standard InChI is InChI=1S/C24H27N3O3/c1-4-29-22-12-8-19(16-23(22)30-5-2)9-13-24(28)26-21-10-6-20(7-11-21)17-27-15-14-25-18(27)3/h6-16H,4-5,17H2,1-3H3,(H,26,28)/b13-9+. The van der Waals surface area contributed by atoms with Crippen LogP contribution in [0.1, 0.15) is 30.8 Å². The molecule has 1 heterocycles. The number of aryl methyl sites for hydroxylation is 1. The number of hydrogen-bond acceptors (Lipinski definition) is 4. The second-order valence-corrected chi connectivity index (χ2v) is 6.69. The van der Waals surface area contributed by atoms with E-state index >= 15 is 0 Å². The largest absolute Gasteiger partial charge is 0.490 e. The van der Waals surface area contributed by atoms with E-state index in [1.54, 1.807) is 12.3 Å². The molecule has 1 aromatic heterocycles. The summed E-state index contributed by atoms with van der Waals surface area (Å²) in [4.78, 5) is 16.5. The zero-order chi connectivity index (χ0) is 21.3. The van der Waals surface area contributed by atoms with E-state index in [9.17, 15) is 4.79 Å². The summed E-state index contributed by atoms with van der Waals surface area (Å²) in [7, 11) is 0. The molecule has 0 spiro atoms. The zero-order valence-corrected chi connectivity index (χ0v) is 17.6. The Bertz CT molecular complexity index is 1010. The molecule has 0 unspecified atom stereocenters. The average Bonchev–Trinajstić information content (AvgIpc) is 3.14. The molecule has 156 valence electrons. The van der Waals surface area contributed by atoms with Crippen LogP contribution < -0.4 is 14.8 Å². The summed E-state index contributed by atoms with van der Waals surface area (Å²) in [5, 5.41) is 2.88. The molecule has 3 rings (SSSR count). The van der Waals surface area contributed by atoms with Crippen molar-refractivity contribution >= 4 is 17.7 Å². The molecule has 0 radical (unpaired) electrons. The molecular formula is C24H27N3O3. The first-order valence-corrected chi connectivity index (χ1v) is 10.0. The topological polar surface area (TPSA) is 65.4 Å². The summed E-state index contributed by atoms with van der Waals surface area (Å²) in [5.74, 6) is 2.15. The van der Waals surface area contributed by atoms with Gasteiger partial charge in [-0.3, -0.25) is 4.79 Å². The van der Waals surface area contributed by atoms with Gasteiger partial charge in [0, 0.05) is 30.7 Å². The van der Waals surface area contributed by atoms with Crippen molar-refractivity contribution in [1.29, 1.82) is 0 Å². The molecule has 0 aliphatic carbocycles. The summed E-state index contributed by atoms with van der Waals surface area (Å²) in [6.07, 6.45) is 7.00. The summed E-state index contributed by atoms with van der Waals surface area (Å²) in [6.45, 7) is 7.69. The van der Waals surface area contributed by atoms with Crippen molar-refractivity contribution in [1.82, 2.24) is 9.55 Å². The Morgan fingerprint density at radius 1 is 1.07 bits per heavy atom. The number of anilines is 1. The van der Waals surface area contributed by atoms with Gasteiger partial charge in [0.15, 0.2) is 11.5 Å². The van der Waals surface area contributed by atoms with Crippen molar-refractivity contribution in [2.75, 3.05) is 18.5 Å². The van der Waals surface area contributed by atoms with E-state index in [2.05, 4.69) is 14.9 Å². The quantitative estimate of drug-likeness (QED) is 0.525. The third-order valence-electron chi connectivity index (χ3n) is 4.49. The van der Waals surface area contributed by atoms with E-state index in [0.717, 1.165) is 29.2 Å². The Kier molecular flexibility index (Phi) is 7.27. The second-order valence-electron chi connectivity index (χ2n) is 6.69. The minimum absolute atomic E-state index is 0.194. The molecule has 0 aliphatic rings. The predicted molar refractivity (Wildman–Crippen MR) is 119 cm³/mol. The first kappa shape index (κ1) is 21.2. The van der Waals surface area contributed by atoms with Crippen LogP contribution in [-0.2, 0) is 11.3 Å². The lowest BCUT2D eigenvalue weighted by molar-refractivity contribution is -0.111. The predicted octanol–water partition coefficient (Wildman–Crippen LogP) is 4.69. The Balaban J connectivity index is 1.60. The maximum absolute atomic E-state index is 12.3. The van der Waals surface area contributed by atoms with Gasteiger partial charge in [-0.25, -0.2) is 4.98 Å². The van der Waals surface area contributed by atoms with Crippen LogP contribution in [0.2, 0.25) is 0 Å². The molecule has 0 aliphatic heterocycles. The molecule has 6 nitrogen and oxygen atoms in total. The van der Waals surface area contributed by atoms with Gasteiger partial charge in [-0.1, -0.05) is 18.2 Å². The molecule has 2 aromatic carbocycles. The number of hydrogen-bond donors (Lipinski definition) is 1. The van der Waals surface area contributed by atoms with Crippen LogP contribution in [0.5, 0.6) is 11.5 Å². The van der Waals surface area contributed by atoms with Crippen LogP contribution in [0.15, 0.2) is 60.9 Å². The molecule has 0 saturated carbocycles. The highest BCUT2D eigenvalue weighted by Gasteiger charge is 2.06. The van der Waals surface area contributed by atoms with Crippen LogP contribution >= 0.6 is 0 Å². The number of carbonyl (C=O) groups excluding carboxylic acids is 1. The van der Waals surface area contributed by atoms with Gasteiger partial charge in [-0.05, 0) is 62.2 Å². The highest BCUT2D eigenvalue weighted by atomic mass is 16.5. The number of nitrogens with zero attached hydrogens (tertiary/aromatic N) is 2. The Morgan fingerprint density at radius 3 is 2.47 bits per heavy atom. The fraction of sp³-hybridized carbons (Fsp3) is 0.250. The summed E-state index contributed by atoms with van der Waals surface area (Å²) >= 11 is 0. The number of amides is 1. The van der Waals surface area contributed by atoms with Crippen molar-refractivity contribution in [3.05, 3.63) is 77.9 Å². The highest BCUT2D eigenvalue weighted by Crippen LogP contribution is 2.29. The van der Waals surface area contributed by atoms with Gasteiger partial charge in [-0.2, -0.15) is 0 Å². The average molecular weight is 405 g/mol. The summed E-state index contributed by atoms with van der Waals surface area (Å²) in [6, 6.07) is 13.4. The minimum Gasteiger partial charge on any atom is -0.490 e. The van der Waals surface area contributed by atoms with Crippen LogP contribution in [0, 0.1) is 6.92 Å². The number of rotatable bonds is 9. The highest BCUT2D eigenvalue weighted by molar-refractivity contribution is 6.01. The van der Waals surface area contributed by atoms with Crippen LogP contribution in [0.4, 0.5) is 5.69 Å². The van der Waals surface area contributed by atoms with Crippen molar-refractivity contribution in [3.63, 3.8) is 0 Å². The van der Waals surface area contributed by atoms with Crippen molar-refractivity contribution in [3.8, 4) is 11.5 Å². The molecule has 3 aromatic rings. The summed E-state index contributed by atoms with van der Waals surface area (Å²) < 4.78 is 13.3. The van der Waals surface area contributed by atoms with Gasteiger partial charge < -0.3 is 19.4 Å². The zero-order valence-electron chi connectivity index (χ0n) is 17.6. The SMILES string of the molecule is CCOc1ccc(/C=C/C(=O)Nc2ccc(Cn3ccnc3C)cc2)cc1OCC. The molecule has 1 amide bonds. The van der Waals surface area contributed by atoms with Crippen molar-refractivity contribution in [2.45, 2.75) is 27.3 Å². The fourth-order valence-corrected chi connectivity index (χ4v) is 2.99. The van der Waals surface area contributed by atoms with Gasteiger partial charge in [0.05, 0.1) is 13.2 Å². The van der Waals surface area contributed by atoms with Gasteiger partial charge in [0.1, 0.15) is 5.82 Å². The number of nitrogens with one attached hydrogen (secondary N) is 1. The minimum atomic E-state index is -0.194. The molecule has 0 fully saturated rings. The maximum Gasteiger partial charge on any atom is 0.248 e. The number of carbonyl (C=O) groups is 1. The van der Waals surface area contributed by atoms with Gasteiger partial charge in [0.25, 0.3) is 0 Å². The first-order chi connectivity index (χ1) is 14.6. The number of imidazole rings is 1. The first-order valence-electron chi connectivity index (χ1n) is 10.0. The Morgan fingerprint density at radius 2 is 1.80 bits per heavy atom. The van der Waals surface area contributed by atoms with E-state index in [0.29, 0.717) is 24.7 Å². The lowest BCUT2D eigenvalue weighted by Crippen LogP contribution is -2.08. The van der Waals surface area contributed by atoms with Crippen LogP contribution in [-0.4, -0.2) is 28.7 Å². The molecule has 6 heteroatoms. The van der Waals surface area contributed by atoms with Gasteiger partial charge in [0.2, 0.25) is 5.91 Å². The van der Waals surface area contributed by atoms with Gasteiger partial charge in [-0.15, -0.1) is 0 Å². The Labute approximate surface area is 177 Å². The molecule has 0 bridgehead atoms. The molecular weight excluding hydrogens is 378 g/mol. The van der Waals surface area contributed by atoms with Crippen molar-refractivity contribution in [2.24, 2.45) is 0 Å². The van der Waals surface area contributed by atoms with Crippen LogP contribution in [0.3, 0.4) is 0 Å². The third kappa shape index (κ3) is 5.73. The summed E-state index contributed by atoms with van der Waals surface area (Å²) in [5.41, 5.74) is 2.75. The van der Waals surface area contributed by atoms with Crippen molar-refractivity contribution < 1.29 is 14.3 Å². The number of aromatic nitrogens is 2. The molecule has 0 saturated heterocycles. The molecule has 1 N–H and O–H groups in total. The van der Waals surface area contributed by atoms with E-state index in [1.165, 1.54) is 6.08 Å². The Hall–Kier alpha value is -3.54. The lowest BCUT2D eigenvalue weighted by Gasteiger charge is -2.11. The maximum atomic E-state index is 12.3. The van der Waals surface area contributed by atoms with E-state index in [1.807, 2.05) is 69.4 Å². The molecule has 0 atom stereocenters. The van der Waals surface area contributed by atoms with Gasteiger partial charge >= 0.3 is 0 Å². The number of ether oxygens (including phenoxy) is 2. The molecule has 30 heavy (non-hydrogen) atoms. The van der Waals surface area contributed by atoms with Crippen LogP contribution in [0.25, 0.3) is 6.08 Å². The fourth-order valence-electron chi connectivity index (χ4n) is 2.99. The lowest BCUT2D eigenvalue weighted by atomic mass is 10.1. The second kappa shape index (κ2) is 10.3. The smallest absolute Gasteiger partial charge is 0.248 e. The third-order valence-corrected chi connectivity index (χ3v) is 4.49. The van der Waals surface area contributed by atoms with E-state index in [4.69, 9.17) is 9.47 Å².